The van der Waals surface area contributed by atoms with Crippen LogP contribution in [-0.4, -0.2) is 59.5 Å². The zero-order valence-corrected chi connectivity index (χ0v) is 18.5. The third-order valence-corrected chi connectivity index (χ3v) is 6.95. The smallest absolute Gasteiger partial charge is 0.338 e. The molecular formula is C19H22N2O7S2. The first kappa shape index (κ1) is 23.5. The fourth-order valence-electron chi connectivity index (χ4n) is 2.32. The zero-order valence-electron chi connectivity index (χ0n) is 16.8. The number of hydrogen-bond acceptors (Lipinski definition) is 7. The molecule has 1 N–H and O–H groups in total. The molecule has 0 aliphatic rings. The molecule has 0 aromatic heterocycles. The average molecular weight is 455 g/mol. The number of esters is 1. The molecule has 0 unspecified atom stereocenters. The number of sulfone groups is 1. The van der Waals surface area contributed by atoms with Gasteiger partial charge in [-0.1, -0.05) is 12.1 Å². The van der Waals surface area contributed by atoms with E-state index in [1.807, 2.05) is 0 Å². The van der Waals surface area contributed by atoms with Crippen molar-refractivity contribution in [2.24, 2.45) is 0 Å². The Morgan fingerprint density at radius 3 is 2.17 bits per heavy atom. The van der Waals surface area contributed by atoms with Crippen LogP contribution < -0.4 is 5.32 Å². The predicted molar refractivity (Wildman–Crippen MR) is 110 cm³/mol. The number of nitrogens with one attached hydrogen (secondary N) is 1. The van der Waals surface area contributed by atoms with Crippen LogP contribution in [0.3, 0.4) is 0 Å². The van der Waals surface area contributed by atoms with Gasteiger partial charge < -0.3 is 10.1 Å². The van der Waals surface area contributed by atoms with Gasteiger partial charge in [-0.2, -0.15) is 0 Å². The predicted octanol–water partition coefficient (Wildman–Crippen LogP) is 1.52. The van der Waals surface area contributed by atoms with Gasteiger partial charge in [-0.3, -0.25) is 4.79 Å². The van der Waals surface area contributed by atoms with Crippen LogP contribution in [0.15, 0.2) is 58.3 Å². The summed E-state index contributed by atoms with van der Waals surface area (Å²) in [4.78, 5) is 24.6. The fraction of sp³-hybridized carbons (Fsp3) is 0.263. The summed E-state index contributed by atoms with van der Waals surface area (Å²) in [5, 5.41) is 2.49. The van der Waals surface area contributed by atoms with Crippen molar-refractivity contribution in [3.63, 3.8) is 0 Å². The van der Waals surface area contributed by atoms with Gasteiger partial charge in [0.15, 0.2) is 15.9 Å². The minimum Gasteiger partial charge on any atom is -0.449 e. The van der Waals surface area contributed by atoms with Crippen molar-refractivity contribution in [1.29, 1.82) is 0 Å². The fourth-order valence-corrected chi connectivity index (χ4v) is 3.94. The number of carbonyl (C=O) groups is 2. The number of benzene rings is 2. The zero-order chi connectivity index (χ0) is 22.7. The van der Waals surface area contributed by atoms with E-state index in [0.29, 0.717) is 0 Å². The summed E-state index contributed by atoms with van der Waals surface area (Å²) in [6.07, 6.45) is -0.202. The summed E-state index contributed by atoms with van der Waals surface area (Å²) >= 11 is 0. The lowest BCUT2D eigenvalue weighted by molar-refractivity contribution is -0.123. The second kappa shape index (κ2) is 8.94. The number of nitrogens with zero attached hydrogens (tertiary/aromatic N) is 1. The van der Waals surface area contributed by atoms with E-state index in [4.69, 9.17) is 4.74 Å². The van der Waals surface area contributed by atoms with Gasteiger partial charge >= 0.3 is 5.97 Å². The highest BCUT2D eigenvalue weighted by Gasteiger charge is 2.22. The molecule has 1 atom stereocenters. The molecule has 2 aromatic rings. The molecule has 0 fully saturated rings. The Balaban J connectivity index is 2.11. The van der Waals surface area contributed by atoms with Gasteiger partial charge in [0.25, 0.3) is 5.91 Å². The molecule has 11 heteroatoms. The Labute approximate surface area is 175 Å². The van der Waals surface area contributed by atoms with Gasteiger partial charge in [-0.05, 0) is 43.3 Å². The third-order valence-electron chi connectivity index (χ3n) is 4.03. The second-order valence-corrected chi connectivity index (χ2v) is 10.8. The highest BCUT2D eigenvalue weighted by Crippen LogP contribution is 2.19. The van der Waals surface area contributed by atoms with E-state index in [2.05, 4.69) is 5.32 Å². The van der Waals surface area contributed by atoms with Crippen LogP contribution >= 0.6 is 0 Å². The first-order valence-corrected chi connectivity index (χ1v) is 12.0. The van der Waals surface area contributed by atoms with Crippen LogP contribution in [0.5, 0.6) is 0 Å². The molecule has 0 spiro atoms. The first-order valence-electron chi connectivity index (χ1n) is 8.67. The van der Waals surface area contributed by atoms with Crippen molar-refractivity contribution in [3.8, 4) is 0 Å². The Bertz CT molecular complexity index is 1170. The third kappa shape index (κ3) is 5.65. The van der Waals surface area contributed by atoms with Gasteiger partial charge in [-0.25, -0.2) is 25.9 Å². The molecule has 0 bridgehead atoms. The van der Waals surface area contributed by atoms with E-state index in [9.17, 15) is 26.4 Å². The maximum Gasteiger partial charge on any atom is 0.338 e. The maximum atomic E-state index is 12.4. The molecule has 9 nitrogen and oxygen atoms in total. The molecule has 2 rings (SSSR count). The van der Waals surface area contributed by atoms with Crippen LogP contribution in [-0.2, 0) is 29.4 Å². The molecule has 30 heavy (non-hydrogen) atoms. The molecule has 2 aromatic carbocycles. The molecule has 1 amide bonds. The van der Waals surface area contributed by atoms with Crippen LogP contribution in [0.25, 0.3) is 0 Å². The molecule has 0 saturated heterocycles. The van der Waals surface area contributed by atoms with E-state index in [0.717, 1.165) is 16.6 Å². The lowest BCUT2D eigenvalue weighted by Crippen LogP contribution is -2.30. The number of sulfonamides is 1. The van der Waals surface area contributed by atoms with E-state index in [1.165, 1.54) is 63.5 Å². The topological polar surface area (TPSA) is 127 Å². The van der Waals surface area contributed by atoms with Crippen LogP contribution in [0.2, 0.25) is 0 Å². The first-order chi connectivity index (χ1) is 13.8. The largest absolute Gasteiger partial charge is 0.449 e. The Hall–Kier alpha value is -2.76. The number of amides is 1. The Kier molecular flexibility index (Phi) is 7.01. The quantitative estimate of drug-likeness (QED) is 0.629. The minimum absolute atomic E-state index is 0.00691. The van der Waals surface area contributed by atoms with Crippen molar-refractivity contribution in [2.75, 3.05) is 25.7 Å². The number of ether oxygens (including phenoxy) is 1. The second-order valence-electron chi connectivity index (χ2n) is 6.65. The maximum absolute atomic E-state index is 12.4. The molecule has 0 aliphatic carbocycles. The van der Waals surface area contributed by atoms with Crippen molar-refractivity contribution in [3.05, 3.63) is 54.1 Å². The van der Waals surface area contributed by atoms with Crippen molar-refractivity contribution >= 4 is 37.4 Å². The van der Waals surface area contributed by atoms with Gasteiger partial charge in [0.2, 0.25) is 10.0 Å². The summed E-state index contributed by atoms with van der Waals surface area (Å²) in [5.41, 5.74) is 0.196. The van der Waals surface area contributed by atoms with Gasteiger partial charge in [0.05, 0.1) is 15.4 Å². The van der Waals surface area contributed by atoms with Gasteiger partial charge in [0, 0.05) is 26.0 Å². The van der Waals surface area contributed by atoms with Crippen molar-refractivity contribution in [1.82, 2.24) is 4.31 Å². The number of carbonyl (C=O) groups excluding carboxylic acids is 2. The van der Waals surface area contributed by atoms with Gasteiger partial charge in [0.1, 0.15) is 0 Å². The lowest BCUT2D eigenvalue weighted by Gasteiger charge is -2.15. The molecule has 162 valence electrons. The molecular weight excluding hydrogens is 432 g/mol. The number of rotatable bonds is 7. The van der Waals surface area contributed by atoms with Crippen molar-refractivity contribution < 1.29 is 31.2 Å². The van der Waals surface area contributed by atoms with E-state index in [1.54, 1.807) is 0 Å². The highest BCUT2D eigenvalue weighted by atomic mass is 32.2. The monoisotopic (exact) mass is 454 g/mol. The molecule has 0 heterocycles. The van der Waals surface area contributed by atoms with Crippen LogP contribution in [0.4, 0.5) is 5.69 Å². The van der Waals surface area contributed by atoms with Crippen LogP contribution in [0.1, 0.15) is 17.3 Å². The summed E-state index contributed by atoms with van der Waals surface area (Å²) in [5.74, 6) is -1.55. The standard InChI is InChI=1S/C19H22N2O7S2/c1-13(28-19(23)14-7-5-9-16(11-14)29(4,24)25)18(22)20-15-8-6-10-17(12-15)30(26,27)21(2)3/h5-13H,1-4H3,(H,20,22)/t13-/m0/s1. The Morgan fingerprint density at radius 2 is 1.57 bits per heavy atom. The van der Waals surface area contributed by atoms with Gasteiger partial charge in [-0.15, -0.1) is 0 Å². The summed E-state index contributed by atoms with van der Waals surface area (Å²) in [7, 11) is -4.41. The summed E-state index contributed by atoms with van der Waals surface area (Å²) in [6.45, 7) is 1.34. The van der Waals surface area contributed by atoms with E-state index >= 15 is 0 Å². The lowest BCUT2D eigenvalue weighted by atomic mass is 10.2. The van der Waals surface area contributed by atoms with Crippen molar-refractivity contribution in [2.45, 2.75) is 22.8 Å². The number of anilines is 1. The average Bonchev–Trinajstić information content (AvgIpc) is 2.67. The van der Waals surface area contributed by atoms with E-state index < -0.39 is 37.8 Å². The minimum atomic E-state index is -3.68. The Morgan fingerprint density at radius 1 is 0.967 bits per heavy atom. The highest BCUT2D eigenvalue weighted by molar-refractivity contribution is 7.90. The molecule has 0 saturated carbocycles. The van der Waals surface area contributed by atoms with E-state index in [-0.39, 0.29) is 21.0 Å². The number of hydrogen-bond donors (Lipinski definition) is 1. The SMILES string of the molecule is C[C@H](OC(=O)c1cccc(S(C)(=O)=O)c1)C(=O)Nc1cccc(S(=O)(=O)N(C)C)c1. The summed E-state index contributed by atoms with van der Waals surface area (Å²) in [6, 6.07) is 10.9. The normalized spacial score (nSPS) is 13.0. The molecule has 0 radical (unpaired) electrons. The summed E-state index contributed by atoms with van der Waals surface area (Å²) < 4.78 is 53.8. The molecule has 0 aliphatic heterocycles. The van der Waals surface area contributed by atoms with Crippen LogP contribution in [0, 0.1) is 0 Å².